The number of benzene rings is 1. The number of aromatic hydroxyl groups is 1. The van der Waals surface area contributed by atoms with E-state index in [1.165, 1.54) is 0 Å². The number of rotatable bonds is 2. The lowest BCUT2D eigenvalue weighted by Crippen LogP contribution is -3.00. The Balaban J connectivity index is 0.00000169. The SMILES string of the molecule is CCC(c1ccccc1O)=[N+](C)C.[Cl-]. The summed E-state index contributed by atoms with van der Waals surface area (Å²) in [4.78, 5) is 0. The second-order valence-corrected chi connectivity index (χ2v) is 3.21. The van der Waals surface area contributed by atoms with Crippen molar-refractivity contribution in [3.8, 4) is 5.75 Å². The van der Waals surface area contributed by atoms with Gasteiger partial charge in [0, 0.05) is 6.42 Å². The van der Waals surface area contributed by atoms with E-state index in [0.29, 0.717) is 5.75 Å². The summed E-state index contributed by atoms with van der Waals surface area (Å²) in [7, 11) is 3.98. The molecule has 1 N–H and O–H groups in total. The zero-order valence-electron chi connectivity index (χ0n) is 8.79. The molecule has 2 nitrogen and oxygen atoms in total. The van der Waals surface area contributed by atoms with Gasteiger partial charge in [-0.2, -0.15) is 0 Å². The Hall–Kier alpha value is -1.02. The second kappa shape index (κ2) is 5.66. The Labute approximate surface area is 91.3 Å². The van der Waals surface area contributed by atoms with E-state index in [4.69, 9.17) is 0 Å². The van der Waals surface area contributed by atoms with Gasteiger partial charge in [0.25, 0.3) is 0 Å². The zero-order valence-corrected chi connectivity index (χ0v) is 9.54. The van der Waals surface area contributed by atoms with E-state index < -0.39 is 0 Å². The van der Waals surface area contributed by atoms with E-state index in [2.05, 4.69) is 6.92 Å². The summed E-state index contributed by atoms with van der Waals surface area (Å²) >= 11 is 0. The standard InChI is InChI=1S/C11H15NO.ClH/c1-4-10(12(2)3)9-7-5-6-8-11(9)13;/h5-8H,4H2,1-3H3;1H. The van der Waals surface area contributed by atoms with Gasteiger partial charge in [0.2, 0.25) is 0 Å². The van der Waals surface area contributed by atoms with E-state index in [1.807, 2.05) is 36.9 Å². The highest BCUT2D eigenvalue weighted by atomic mass is 35.5. The zero-order chi connectivity index (χ0) is 9.84. The van der Waals surface area contributed by atoms with Crippen molar-refractivity contribution in [2.24, 2.45) is 0 Å². The first-order valence-electron chi connectivity index (χ1n) is 4.48. The number of para-hydroxylation sites is 1. The van der Waals surface area contributed by atoms with Crippen molar-refractivity contribution in [1.82, 2.24) is 0 Å². The summed E-state index contributed by atoms with van der Waals surface area (Å²) in [5.41, 5.74) is 2.08. The lowest BCUT2D eigenvalue weighted by Gasteiger charge is -2.03. The van der Waals surface area contributed by atoms with Crippen LogP contribution in [0, 0.1) is 0 Å². The molecule has 1 rings (SSSR count). The molecule has 0 bridgehead atoms. The highest BCUT2D eigenvalue weighted by Gasteiger charge is 2.12. The van der Waals surface area contributed by atoms with E-state index in [1.54, 1.807) is 6.07 Å². The molecule has 78 valence electrons. The quantitative estimate of drug-likeness (QED) is 0.488. The molecule has 3 heteroatoms. The van der Waals surface area contributed by atoms with Crippen molar-refractivity contribution in [2.75, 3.05) is 14.1 Å². The molecule has 0 radical (unpaired) electrons. The van der Waals surface area contributed by atoms with Crippen LogP contribution in [0.3, 0.4) is 0 Å². The van der Waals surface area contributed by atoms with Gasteiger partial charge in [0.1, 0.15) is 19.8 Å². The van der Waals surface area contributed by atoms with Gasteiger partial charge in [0.05, 0.1) is 5.56 Å². The van der Waals surface area contributed by atoms with Gasteiger partial charge in [-0.15, -0.1) is 0 Å². The van der Waals surface area contributed by atoms with Crippen LogP contribution in [0.25, 0.3) is 0 Å². The lowest BCUT2D eigenvalue weighted by atomic mass is 10.1. The molecule has 1 aromatic rings. The third-order valence-corrected chi connectivity index (χ3v) is 2.09. The minimum atomic E-state index is 0. The summed E-state index contributed by atoms with van der Waals surface area (Å²) in [5, 5.41) is 9.61. The molecule has 0 heterocycles. The van der Waals surface area contributed by atoms with E-state index >= 15 is 0 Å². The number of phenolic OH excluding ortho intramolecular Hbond substituents is 1. The fourth-order valence-electron chi connectivity index (χ4n) is 1.47. The van der Waals surface area contributed by atoms with Crippen LogP contribution in [-0.2, 0) is 0 Å². The van der Waals surface area contributed by atoms with Crippen LogP contribution < -0.4 is 12.4 Å². The molecule has 0 fully saturated rings. The molecule has 0 aliphatic rings. The van der Waals surface area contributed by atoms with Crippen LogP contribution in [-0.4, -0.2) is 29.5 Å². The number of hydrogen-bond acceptors (Lipinski definition) is 1. The fourth-order valence-corrected chi connectivity index (χ4v) is 1.47. The Morgan fingerprint density at radius 1 is 1.29 bits per heavy atom. The van der Waals surface area contributed by atoms with Crippen molar-refractivity contribution in [3.63, 3.8) is 0 Å². The summed E-state index contributed by atoms with van der Waals surface area (Å²) < 4.78 is 2.04. The largest absolute Gasteiger partial charge is 1.00 e. The molecule has 1 aromatic carbocycles. The van der Waals surface area contributed by atoms with Crippen LogP contribution in [0.2, 0.25) is 0 Å². The van der Waals surface area contributed by atoms with Gasteiger partial charge in [-0.25, -0.2) is 4.58 Å². The van der Waals surface area contributed by atoms with Crippen LogP contribution in [0.1, 0.15) is 18.9 Å². The van der Waals surface area contributed by atoms with Crippen LogP contribution >= 0.6 is 0 Å². The summed E-state index contributed by atoms with van der Waals surface area (Å²) in [5.74, 6) is 0.355. The first-order chi connectivity index (χ1) is 6.16. The monoisotopic (exact) mass is 213 g/mol. The highest BCUT2D eigenvalue weighted by Crippen LogP contribution is 2.17. The maximum Gasteiger partial charge on any atom is 0.186 e. The van der Waals surface area contributed by atoms with E-state index in [9.17, 15) is 5.11 Å². The molecule has 0 atom stereocenters. The van der Waals surface area contributed by atoms with Gasteiger partial charge in [-0.05, 0) is 12.1 Å². The Kier molecular flexibility index (Phi) is 5.24. The van der Waals surface area contributed by atoms with Crippen molar-refractivity contribution >= 4 is 5.71 Å². The summed E-state index contributed by atoms with van der Waals surface area (Å²) in [6.07, 6.45) is 0.921. The average Bonchev–Trinajstić information content (AvgIpc) is 2.09. The molecule has 0 spiro atoms. The van der Waals surface area contributed by atoms with Crippen molar-refractivity contribution in [3.05, 3.63) is 29.8 Å². The highest BCUT2D eigenvalue weighted by molar-refractivity contribution is 5.98. The van der Waals surface area contributed by atoms with Crippen molar-refractivity contribution < 1.29 is 22.1 Å². The third kappa shape index (κ3) is 2.74. The molecular formula is C11H16ClNO. The maximum absolute atomic E-state index is 9.61. The summed E-state index contributed by atoms with van der Waals surface area (Å²) in [6, 6.07) is 7.43. The molecular weight excluding hydrogens is 198 g/mol. The molecule has 0 saturated heterocycles. The normalized spacial score (nSPS) is 9.07. The van der Waals surface area contributed by atoms with Gasteiger partial charge < -0.3 is 17.5 Å². The maximum atomic E-state index is 9.61. The lowest BCUT2D eigenvalue weighted by molar-refractivity contribution is -0.465. The smallest absolute Gasteiger partial charge is 0.186 e. The number of phenols is 1. The Bertz CT molecular complexity index is 330. The van der Waals surface area contributed by atoms with E-state index in [-0.39, 0.29) is 12.4 Å². The predicted molar refractivity (Wildman–Crippen MR) is 54.6 cm³/mol. The Morgan fingerprint density at radius 3 is 2.29 bits per heavy atom. The predicted octanol–water partition coefficient (Wildman–Crippen LogP) is -1.13. The number of halogens is 1. The van der Waals surface area contributed by atoms with Crippen molar-refractivity contribution in [2.45, 2.75) is 13.3 Å². The molecule has 0 aliphatic heterocycles. The minimum absolute atomic E-state index is 0. The van der Waals surface area contributed by atoms with Crippen molar-refractivity contribution in [1.29, 1.82) is 0 Å². The number of hydrogen-bond donors (Lipinski definition) is 1. The number of nitrogens with zero attached hydrogens (tertiary/aromatic N) is 1. The van der Waals surface area contributed by atoms with Gasteiger partial charge >= 0.3 is 0 Å². The minimum Gasteiger partial charge on any atom is -1.00 e. The first-order valence-corrected chi connectivity index (χ1v) is 4.48. The van der Waals surface area contributed by atoms with Crippen LogP contribution in [0.15, 0.2) is 24.3 Å². The average molecular weight is 214 g/mol. The second-order valence-electron chi connectivity index (χ2n) is 3.21. The van der Waals surface area contributed by atoms with E-state index in [0.717, 1.165) is 17.7 Å². The molecule has 0 amide bonds. The molecule has 0 saturated carbocycles. The van der Waals surface area contributed by atoms with Gasteiger partial charge in [-0.3, -0.25) is 0 Å². The van der Waals surface area contributed by atoms with Crippen LogP contribution in [0.5, 0.6) is 5.75 Å². The van der Waals surface area contributed by atoms with Gasteiger partial charge in [-0.1, -0.05) is 19.1 Å². The summed E-state index contributed by atoms with van der Waals surface area (Å²) in [6.45, 7) is 2.09. The molecule has 0 aliphatic carbocycles. The van der Waals surface area contributed by atoms with Gasteiger partial charge in [0.15, 0.2) is 5.71 Å². The molecule has 0 unspecified atom stereocenters. The third-order valence-electron chi connectivity index (χ3n) is 2.09. The Morgan fingerprint density at radius 2 is 1.86 bits per heavy atom. The topological polar surface area (TPSA) is 23.2 Å². The fraction of sp³-hybridized carbons (Fsp3) is 0.364. The first kappa shape index (κ1) is 13.0. The molecule has 0 aromatic heterocycles. The molecule has 14 heavy (non-hydrogen) atoms. The van der Waals surface area contributed by atoms with Crippen LogP contribution in [0.4, 0.5) is 0 Å².